The molecule has 0 spiro atoms. The van der Waals surface area contributed by atoms with E-state index >= 15 is 0 Å². The molecule has 3 nitrogen and oxygen atoms in total. The van der Waals surface area contributed by atoms with Gasteiger partial charge in [0.15, 0.2) is 0 Å². The maximum Gasteiger partial charge on any atom is 0.0373 e. The van der Waals surface area contributed by atoms with Gasteiger partial charge >= 0.3 is 0 Å². The zero-order valence-electron chi connectivity index (χ0n) is 12.2. The summed E-state index contributed by atoms with van der Waals surface area (Å²) in [5.74, 6) is 0. The lowest BCUT2D eigenvalue weighted by atomic mass is 10.0. The lowest BCUT2D eigenvalue weighted by molar-refractivity contribution is 0.139. The molecule has 2 aliphatic heterocycles. The van der Waals surface area contributed by atoms with Crippen LogP contribution >= 0.6 is 0 Å². The minimum Gasteiger partial charge on any atom is -0.384 e. The largest absolute Gasteiger partial charge is 0.384 e. The van der Waals surface area contributed by atoms with Crippen molar-refractivity contribution in [3.05, 3.63) is 29.3 Å². The van der Waals surface area contributed by atoms with Crippen molar-refractivity contribution < 1.29 is 0 Å². The van der Waals surface area contributed by atoms with E-state index in [4.69, 9.17) is 0 Å². The van der Waals surface area contributed by atoms with Gasteiger partial charge < -0.3 is 10.2 Å². The molecule has 2 heterocycles. The number of likely N-dealkylation sites (tertiary alicyclic amines) is 1. The summed E-state index contributed by atoms with van der Waals surface area (Å²) in [7, 11) is 4.51. The first-order valence-electron chi connectivity index (χ1n) is 7.47. The molecule has 0 saturated carbocycles. The van der Waals surface area contributed by atoms with Gasteiger partial charge in [-0.25, -0.2) is 0 Å². The minimum atomic E-state index is 0.752. The second kappa shape index (κ2) is 5.51. The first-order valence-corrected chi connectivity index (χ1v) is 7.47. The molecule has 1 N–H and O–H groups in total. The van der Waals surface area contributed by atoms with Gasteiger partial charge in [0.2, 0.25) is 0 Å². The lowest BCUT2D eigenvalue weighted by Crippen LogP contribution is -2.41. The molecule has 2 aliphatic rings. The molecule has 19 heavy (non-hydrogen) atoms. The summed E-state index contributed by atoms with van der Waals surface area (Å²) in [6.07, 6.45) is 3.79. The van der Waals surface area contributed by atoms with E-state index in [0.29, 0.717) is 0 Å². The van der Waals surface area contributed by atoms with Gasteiger partial charge in [-0.3, -0.25) is 4.90 Å². The van der Waals surface area contributed by atoms with Crippen LogP contribution in [0.15, 0.2) is 18.2 Å². The fraction of sp³-hybridized carbons (Fsp3) is 0.625. The van der Waals surface area contributed by atoms with E-state index in [2.05, 4.69) is 47.4 Å². The summed E-state index contributed by atoms with van der Waals surface area (Å²) in [4.78, 5) is 4.97. The highest BCUT2D eigenvalue weighted by atomic mass is 15.2. The van der Waals surface area contributed by atoms with Crippen molar-refractivity contribution in [3.63, 3.8) is 0 Å². The van der Waals surface area contributed by atoms with E-state index < -0.39 is 0 Å². The Morgan fingerprint density at radius 1 is 1.32 bits per heavy atom. The van der Waals surface area contributed by atoms with Gasteiger partial charge in [0, 0.05) is 24.8 Å². The Morgan fingerprint density at radius 2 is 2.11 bits per heavy atom. The van der Waals surface area contributed by atoms with Gasteiger partial charge in [-0.2, -0.15) is 0 Å². The van der Waals surface area contributed by atoms with Gasteiger partial charge in [-0.05, 0) is 63.6 Å². The molecule has 0 bridgehead atoms. The van der Waals surface area contributed by atoms with Crippen molar-refractivity contribution in [2.75, 3.05) is 39.0 Å². The summed E-state index contributed by atoms with van der Waals surface area (Å²) in [6, 6.07) is 7.67. The van der Waals surface area contributed by atoms with E-state index in [1.165, 1.54) is 49.2 Å². The third kappa shape index (κ3) is 2.93. The summed E-state index contributed by atoms with van der Waals surface area (Å²) in [5.41, 5.74) is 4.30. The number of anilines is 1. The van der Waals surface area contributed by atoms with Gasteiger partial charge in [0.1, 0.15) is 0 Å². The van der Waals surface area contributed by atoms with E-state index in [0.717, 1.165) is 19.1 Å². The predicted octanol–water partition coefficient (Wildman–Crippen LogP) is 2.18. The van der Waals surface area contributed by atoms with Gasteiger partial charge in [0.05, 0.1) is 0 Å². The molecule has 104 valence electrons. The van der Waals surface area contributed by atoms with Crippen LogP contribution in [-0.4, -0.2) is 49.6 Å². The van der Waals surface area contributed by atoms with Gasteiger partial charge in [0.25, 0.3) is 0 Å². The molecule has 1 fully saturated rings. The number of benzene rings is 1. The van der Waals surface area contributed by atoms with Crippen LogP contribution in [-0.2, 0) is 13.0 Å². The maximum absolute atomic E-state index is 3.43. The summed E-state index contributed by atoms with van der Waals surface area (Å²) in [6.45, 7) is 4.66. The highest BCUT2D eigenvalue weighted by Crippen LogP contribution is 2.24. The lowest BCUT2D eigenvalue weighted by Gasteiger charge is -2.35. The molecule has 0 unspecified atom stereocenters. The van der Waals surface area contributed by atoms with Crippen LogP contribution in [0.1, 0.15) is 24.0 Å². The number of hydrogen-bond acceptors (Lipinski definition) is 3. The number of nitrogens with zero attached hydrogens (tertiary/aromatic N) is 2. The molecule has 1 aromatic rings. The molecule has 0 radical (unpaired) electrons. The van der Waals surface area contributed by atoms with Crippen LogP contribution in [0.4, 0.5) is 5.69 Å². The molecule has 0 aliphatic carbocycles. The Balaban J connectivity index is 1.61. The zero-order valence-corrected chi connectivity index (χ0v) is 12.2. The Labute approximate surface area is 116 Å². The molecule has 1 aromatic carbocycles. The van der Waals surface area contributed by atoms with Crippen molar-refractivity contribution in [3.8, 4) is 0 Å². The second-order valence-corrected chi connectivity index (χ2v) is 6.12. The topological polar surface area (TPSA) is 18.5 Å². The van der Waals surface area contributed by atoms with E-state index in [1.54, 1.807) is 0 Å². The van der Waals surface area contributed by atoms with Crippen LogP contribution < -0.4 is 5.32 Å². The van der Waals surface area contributed by atoms with Crippen molar-refractivity contribution in [1.82, 2.24) is 9.80 Å². The highest BCUT2D eigenvalue weighted by Gasteiger charge is 2.20. The smallest absolute Gasteiger partial charge is 0.0373 e. The Kier molecular flexibility index (Phi) is 3.76. The van der Waals surface area contributed by atoms with Crippen molar-refractivity contribution in [1.29, 1.82) is 0 Å². The van der Waals surface area contributed by atoms with E-state index in [9.17, 15) is 0 Å². The molecule has 0 atom stereocenters. The average molecular weight is 259 g/mol. The predicted molar refractivity (Wildman–Crippen MR) is 80.6 cm³/mol. The Morgan fingerprint density at radius 3 is 2.89 bits per heavy atom. The highest BCUT2D eigenvalue weighted by molar-refractivity contribution is 5.56. The minimum absolute atomic E-state index is 0.752. The molecular formula is C16H25N3. The normalized spacial score (nSPS) is 20.6. The summed E-state index contributed by atoms with van der Waals surface area (Å²) < 4.78 is 0. The second-order valence-electron chi connectivity index (χ2n) is 6.12. The summed E-state index contributed by atoms with van der Waals surface area (Å²) >= 11 is 0. The van der Waals surface area contributed by atoms with Crippen LogP contribution in [0.25, 0.3) is 0 Å². The zero-order chi connectivity index (χ0) is 13.2. The third-order valence-corrected chi connectivity index (χ3v) is 4.62. The third-order valence-electron chi connectivity index (χ3n) is 4.62. The van der Waals surface area contributed by atoms with Crippen molar-refractivity contribution in [2.24, 2.45) is 0 Å². The number of nitrogens with one attached hydrogen (secondary N) is 1. The average Bonchev–Trinajstić information content (AvgIpc) is 2.87. The first-order chi connectivity index (χ1) is 9.22. The fourth-order valence-corrected chi connectivity index (χ4v) is 3.31. The summed E-state index contributed by atoms with van der Waals surface area (Å²) in [5, 5.41) is 3.43. The van der Waals surface area contributed by atoms with Crippen LogP contribution in [0, 0.1) is 0 Å². The van der Waals surface area contributed by atoms with Crippen LogP contribution in [0.3, 0.4) is 0 Å². The fourth-order valence-electron chi connectivity index (χ4n) is 3.31. The first kappa shape index (κ1) is 12.9. The van der Waals surface area contributed by atoms with E-state index in [-0.39, 0.29) is 0 Å². The molecular weight excluding hydrogens is 234 g/mol. The number of hydrogen-bond donors (Lipinski definition) is 1. The molecule has 0 amide bonds. The SMILES string of the molecule is CN1CCC(N(C)Cc2ccc3c(c2)CCN3)CC1. The standard InChI is InChI=1S/C16H25N3/c1-18-9-6-15(7-10-18)19(2)12-13-3-4-16-14(11-13)5-8-17-16/h3-4,11,15,17H,5-10,12H2,1-2H3. The molecule has 3 rings (SSSR count). The van der Waals surface area contributed by atoms with Crippen molar-refractivity contribution >= 4 is 5.69 Å². The van der Waals surface area contributed by atoms with Crippen LogP contribution in [0.2, 0.25) is 0 Å². The number of piperidine rings is 1. The van der Waals surface area contributed by atoms with Crippen molar-refractivity contribution in [2.45, 2.75) is 31.8 Å². The molecule has 0 aromatic heterocycles. The number of fused-ring (bicyclic) bond motifs is 1. The molecule has 3 heteroatoms. The number of rotatable bonds is 3. The molecule has 1 saturated heterocycles. The monoisotopic (exact) mass is 259 g/mol. The van der Waals surface area contributed by atoms with E-state index in [1.807, 2.05) is 0 Å². The van der Waals surface area contributed by atoms with Crippen LogP contribution in [0.5, 0.6) is 0 Å². The quantitative estimate of drug-likeness (QED) is 0.897. The Bertz CT molecular complexity index is 436. The van der Waals surface area contributed by atoms with Gasteiger partial charge in [-0.1, -0.05) is 12.1 Å². The Hall–Kier alpha value is -1.06. The maximum atomic E-state index is 3.43. The van der Waals surface area contributed by atoms with Gasteiger partial charge in [-0.15, -0.1) is 0 Å².